The fourth-order valence-corrected chi connectivity index (χ4v) is 3.15. The first-order valence-electron chi connectivity index (χ1n) is 6.69. The summed E-state index contributed by atoms with van der Waals surface area (Å²) in [6.45, 7) is 5.56. The quantitative estimate of drug-likeness (QED) is 0.718. The molecule has 0 spiro atoms. The normalized spacial score (nSPS) is 15.1. The van der Waals surface area contributed by atoms with Crippen LogP contribution in [-0.4, -0.2) is 24.5 Å². The third-order valence-corrected chi connectivity index (χ3v) is 4.24. The number of hydrogen-bond acceptors (Lipinski definition) is 3. The summed E-state index contributed by atoms with van der Waals surface area (Å²) in [6, 6.07) is 4.95. The second-order valence-corrected chi connectivity index (χ2v) is 5.70. The Bertz CT molecular complexity index is 284. The first-order chi connectivity index (χ1) is 8.20. The summed E-state index contributed by atoms with van der Waals surface area (Å²) in [5, 5.41) is 2.14. The summed E-state index contributed by atoms with van der Waals surface area (Å²) in [7, 11) is 2.20. The van der Waals surface area contributed by atoms with Crippen molar-refractivity contribution in [3.8, 4) is 0 Å². The molecule has 1 aromatic rings. The smallest absolute Gasteiger partial charge is 0.0590 e. The van der Waals surface area contributed by atoms with Crippen molar-refractivity contribution in [2.45, 2.75) is 51.6 Å². The molecule has 0 saturated carbocycles. The maximum atomic E-state index is 6.28. The average molecular weight is 254 g/mol. The number of likely N-dealkylation sites (N-methyl/N-ethyl adjacent to an activating group) is 1. The van der Waals surface area contributed by atoms with Crippen LogP contribution in [0.15, 0.2) is 17.5 Å². The Labute approximate surface area is 110 Å². The second kappa shape index (κ2) is 7.85. The summed E-state index contributed by atoms with van der Waals surface area (Å²) >= 11 is 1.82. The van der Waals surface area contributed by atoms with Crippen molar-refractivity contribution in [1.29, 1.82) is 0 Å². The van der Waals surface area contributed by atoms with Gasteiger partial charge in [-0.25, -0.2) is 0 Å². The molecular weight excluding hydrogens is 228 g/mol. The highest BCUT2D eigenvalue weighted by Gasteiger charge is 2.23. The van der Waals surface area contributed by atoms with Crippen molar-refractivity contribution >= 4 is 11.3 Å². The third-order valence-electron chi connectivity index (χ3n) is 3.30. The average Bonchev–Trinajstić information content (AvgIpc) is 2.83. The molecule has 0 amide bonds. The van der Waals surface area contributed by atoms with Gasteiger partial charge in [-0.1, -0.05) is 32.8 Å². The zero-order chi connectivity index (χ0) is 12.7. The van der Waals surface area contributed by atoms with Crippen molar-refractivity contribution in [2.75, 3.05) is 13.6 Å². The van der Waals surface area contributed by atoms with Gasteiger partial charge in [0.1, 0.15) is 0 Å². The van der Waals surface area contributed by atoms with Crippen LogP contribution in [0, 0.1) is 0 Å². The van der Waals surface area contributed by atoms with E-state index >= 15 is 0 Å². The molecule has 0 aliphatic heterocycles. The predicted molar refractivity (Wildman–Crippen MR) is 77.5 cm³/mol. The van der Waals surface area contributed by atoms with Gasteiger partial charge in [-0.2, -0.15) is 0 Å². The van der Waals surface area contributed by atoms with Gasteiger partial charge in [-0.3, -0.25) is 4.90 Å². The second-order valence-electron chi connectivity index (χ2n) is 4.72. The molecule has 0 aliphatic rings. The van der Waals surface area contributed by atoms with Crippen LogP contribution in [0.25, 0.3) is 0 Å². The van der Waals surface area contributed by atoms with Gasteiger partial charge in [-0.15, -0.1) is 11.3 Å². The van der Waals surface area contributed by atoms with Crippen molar-refractivity contribution < 1.29 is 0 Å². The van der Waals surface area contributed by atoms with Gasteiger partial charge < -0.3 is 5.73 Å². The third kappa shape index (κ3) is 4.41. The molecule has 0 aliphatic carbocycles. The number of thiophene rings is 1. The Hall–Kier alpha value is -0.380. The molecule has 1 aromatic heterocycles. The van der Waals surface area contributed by atoms with Crippen molar-refractivity contribution in [3.05, 3.63) is 22.4 Å². The van der Waals surface area contributed by atoms with E-state index in [2.05, 4.69) is 43.3 Å². The summed E-state index contributed by atoms with van der Waals surface area (Å²) in [5.74, 6) is 0. The number of rotatable bonds is 8. The molecule has 17 heavy (non-hydrogen) atoms. The Morgan fingerprint density at radius 1 is 1.35 bits per heavy atom. The lowest BCUT2D eigenvalue weighted by Crippen LogP contribution is -2.38. The van der Waals surface area contributed by atoms with Crippen LogP contribution in [-0.2, 0) is 0 Å². The Morgan fingerprint density at radius 3 is 2.65 bits per heavy atom. The molecule has 2 nitrogen and oxygen atoms in total. The summed E-state index contributed by atoms with van der Waals surface area (Å²) in [4.78, 5) is 3.83. The summed E-state index contributed by atoms with van der Waals surface area (Å²) in [6.07, 6.45) is 4.88. The molecule has 98 valence electrons. The number of unbranched alkanes of at least 4 members (excludes halogenated alkanes) is 2. The number of hydrogen-bond donors (Lipinski definition) is 1. The zero-order valence-electron chi connectivity index (χ0n) is 11.4. The van der Waals surface area contributed by atoms with Crippen LogP contribution in [0.3, 0.4) is 0 Å². The van der Waals surface area contributed by atoms with E-state index in [9.17, 15) is 0 Å². The van der Waals surface area contributed by atoms with Crippen molar-refractivity contribution in [2.24, 2.45) is 5.73 Å². The minimum absolute atomic E-state index is 0.236. The maximum Gasteiger partial charge on any atom is 0.0590 e. The summed E-state index contributed by atoms with van der Waals surface area (Å²) in [5.41, 5.74) is 6.28. The van der Waals surface area contributed by atoms with Crippen molar-refractivity contribution in [1.82, 2.24) is 4.90 Å². The predicted octanol–water partition coefficient (Wildman–Crippen LogP) is 3.65. The number of nitrogens with zero attached hydrogens (tertiary/aromatic N) is 1. The van der Waals surface area contributed by atoms with Crippen LogP contribution < -0.4 is 5.73 Å². The first-order valence-corrected chi connectivity index (χ1v) is 7.57. The highest BCUT2D eigenvalue weighted by atomic mass is 32.1. The highest BCUT2D eigenvalue weighted by Crippen LogP contribution is 2.27. The fraction of sp³-hybridized carbons (Fsp3) is 0.714. The largest absolute Gasteiger partial charge is 0.326 e. The Balaban J connectivity index is 2.63. The van der Waals surface area contributed by atoms with Gasteiger partial charge in [0.05, 0.1) is 6.04 Å². The van der Waals surface area contributed by atoms with E-state index in [0.717, 1.165) is 13.0 Å². The van der Waals surface area contributed by atoms with Gasteiger partial charge >= 0.3 is 0 Å². The minimum atomic E-state index is 0.236. The van der Waals surface area contributed by atoms with Gasteiger partial charge in [0.15, 0.2) is 0 Å². The molecule has 0 aromatic carbocycles. The van der Waals surface area contributed by atoms with Crippen LogP contribution in [0.5, 0.6) is 0 Å². The fourth-order valence-electron chi connectivity index (χ4n) is 2.19. The van der Waals surface area contributed by atoms with E-state index < -0.39 is 0 Å². The van der Waals surface area contributed by atoms with E-state index in [1.54, 1.807) is 0 Å². The lowest BCUT2D eigenvalue weighted by atomic mass is 10.0. The molecule has 0 fully saturated rings. The van der Waals surface area contributed by atoms with E-state index in [1.165, 1.54) is 24.1 Å². The molecule has 1 rings (SSSR count). The molecule has 2 N–H and O–H groups in total. The standard InChI is InChI=1S/C14H26N2S/c1-4-6-7-10-16(3)14(12(15)5-2)13-9-8-11-17-13/h8-9,11-12,14H,4-7,10,15H2,1-3H3. The molecule has 3 heteroatoms. The zero-order valence-corrected chi connectivity index (χ0v) is 12.2. The van der Waals surface area contributed by atoms with Crippen molar-refractivity contribution in [3.63, 3.8) is 0 Å². The van der Waals surface area contributed by atoms with Crippen LogP contribution in [0.2, 0.25) is 0 Å². The maximum absolute atomic E-state index is 6.28. The molecule has 0 saturated heterocycles. The molecule has 0 bridgehead atoms. The van der Waals surface area contributed by atoms with Gasteiger partial charge in [0.2, 0.25) is 0 Å². The Morgan fingerprint density at radius 2 is 2.12 bits per heavy atom. The molecule has 2 atom stereocenters. The van der Waals surface area contributed by atoms with E-state index in [0.29, 0.717) is 6.04 Å². The lowest BCUT2D eigenvalue weighted by Gasteiger charge is -2.31. The Kier molecular flexibility index (Phi) is 6.78. The molecular formula is C14H26N2S. The van der Waals surface area contributed by atoms with Crippen LogP contribution in [0.4, 0.5) is 0 Å². The van der Waals surface area contributed by atoms with Crippen LogP contribution >= 0.6 is 11.3 Å². The van der Waals surface area contributed by atoms with E-state index in [-0.39, 0.29) is 6.04 Å². The van der Waals surface area contributed by atoms with Crippen LogP contribution in [0.1, 0.15) is 50.4 Å². The highest BCUT2D eigenvalue weighted by molar-refractivity contribution is 7.10. The van der Waals surface area contributed by atoms with Gasteiger partial charge in [0, 0.05) is 10.9 Å². The lowest BCUT2D eigenvalue weighted by molar-refractivity contribution is 0.209. The molecule has 1 heterocycles. The van der Waals surface area contributed by atoms with Gasteiger partial charge in [0.25, 0.3) is 0 Å². The molecule has 2 unspecified atom stereocenters. The topological polar surface area (TPSA) is 29.3 Å². The SMILES string of the molecule is CCCCCN(C)C(c1cccs1)C(N)CC. The summed E-state index contributed by atoms with van der Waals surface area (Å²) < 4.78 is 0. The minimum Gasteiger partial charge on any atom is -0.326 e. The van der Waals surface area contributed by atoms with E-state index in [1.807, 2.05) is 11.3 Å². The first kappa shape index (κ1) is 14.7. The number of nitrogens with two attached hydrogens (primary N) is 1. The monoisotopic (exact) mass is 254 g/mol. The van der Waals surface area contributed by atoms with Gasteiger partial charge in [-0.05, 0) is 37.9 Å². The molecule has 0 radical (unpaired) electrons. The van der Waals surface area contributed by atoms with E-state index in [4.69, 9.17) is 5.73 Å².